The van der Waals surface area contributed by atoms with E-state index >= 15 is 0 Å². The Labute approximate surface area is 116 Å². The van der Waals surface area contributed by atoms with E-state index in [2.05, 4.69) is 11.0 Å². The van der Waals surface area contributed by atoms with E-state index in [9.17, 15) is 4.79 Å². The summed E-state index contributed by atoms with van der Waals surface area (Å²) in [5, 5.41) is 8.55. The molecular formula is C15H25N3O. The van der Waals surface area contributed by atoms with Gasteiger partial charge in [0.05, 0.1) is 19.0 Å². The molecule has 0 radical (unpaired) electrons. The van der Waals surface area contributed by atoms with Gasteiger partial charge in [-0.25, -0.2) is 0 Å². The first-order valence-corrected chi connectivity index (χ1v) is 7.54. The standard InChI is InChI=1S/C15H25N3O/c1-17(9-4-8-16)15(19)12-18-10-7-13-5-2-3-6-14(13)11-18/h13-14H,2-7,9-12H2,1H3. The number of amides is 1. The van der Waals surface area contributed by atoms with Gasteiger partial charge in [0.15, 0.2) is 0 Å². The molecule has 1 aliphatic carbocycles. The molecule has 0 aromatic heterocycles. The number of carbonyl (C=O) groups is 1. The van der Waals surface area contributed by atoms with Crippen LogP contribution in [0.2, 0.25) is 0 Å². The fraction of sp³-hybridized carbons (Fsp3) is 0.867. The van der Waals surface area contributed by atoms with Gasteiger partial charge in [0.25, 0.3) is 0 Å². The summed E-state index contributed by atoms with van der Waals surface area (Å²) in [4.78, 5) is 16.1. The van der Waals surface area contributed by atoms with Gasteiger partial charge in [-0.3, -0.25) is 9.69 Å². The predicted octanol–water partition coefficient (Wildman–Crippen LogP) is 1.87. The highest BCUT2D eigenvalue weighted by molar-refractivity contribution is 5.78. The Bertz CT molecular complexity index is 350. The zero-order valence-corrected chi connectivity index (χ0v) is 12.0. The molecule has 106 valence electrons. The number of fused-ring (bicyclic) bond motifs is 1. The van der Waals surface area contributed by atoms with Crippen LogP contribution >= 0.6 is 0 Å². The molecular weight excluding hydrogens is 238 g/mol. The van der Waals surface area contributed by atoms with Crippen molar-refractivity contribution >= 4 is 5.91 Å². The molecule has 2 fully saturated rings. The second-order valence-electron chi connectivity index (χ2n) is 6.05. The van der Waals surface area contributed by atoms with Gasteiger partial charge in [0.2, 0.25) is 5.91 Å². The van der Waals surface area contributed by atoms with Crippen LogP contribution in [0.1, 0.15) is 38.5 Å². The van der Waals surface area contributed by atoms with E-state index in [1.165, 1.54) is 32.1 Å². The maximum absolute atomic E-state index is 12.1. The van der Waals surface area contributed by atoms with Crippen LogP contribution in [0.3, 0.4) is 0 Å². The van der Waals surface area contributed by atoms with Crippen LogP contribution in [-0.4, -0.2) is 48.9 Å². The zero-order valence-electron chi connectivity index (χ0n) is 12.0. The number of carbonyl (C=O) groups excluding carboxylic acids is 1. The first-order valence-electron chi connectivity index (χ1n) is 7.54. The first kappa shape index (κ1) is 14.3. The third kappa shape index (κ3) is 3.94. The van der Waals surface area contributed by atoms with Crippen molar-refractivity contribution in [1.29, 1.82) is 5.26 Å². The Morgan fingerprint density at radius 3 is 2.79 bits per heavy atom. The molecule has 0 aromatic carbocycles. The number of nitriles is 1. The van der Waals surface area contributed by atoms with Crippen LogP contribution < -0.4 is 0 Å². The fourth-order valence-corrected chi connectivity index (χ4v) is 3.47. The lowest BCUT2D eigenvalue weighted by Gasteiger charge is -2.41. The average molecular weight is 263 g/mol. The SMILES string of the molecule is CN(CCC#N)C(=O)CN1CCC2CCCCC2C1. The Morgan fingerprint density at radius 1 is 1.32 bits per heavy atom. The maximum atomic E-state index is 12.1. The van der Waals surface area contributed by atoms with Crippen LogP contribution in [0, 0.1) is 23.2 Å². The van der Waals surface area contributed by atoms with E-state index in [0.29, 0.717) is 19.5 Å². The van der Waals surface area contributed by atoms with Crippen LogP contribution in [0.4, 0.5) is 0 Å². The van der Waals surface area contributed by atoms with E-state index in [0.717, 1.165) is 24.9 Å². The molecule has 0 aromatic rings. The average Bonchev–Trinajstić information content (AvgIpc) is 2.44. The van der Waals surface area contributed by atoms with Crippen LogP contribution in [-0.2, 0) is 4.79 Å². The predicted molar refractivity (Wildman–Crippen MR) is 74.4 cm³/mol. The molecule has 1 saturated heterocycles. The Balaban J connectivity index is 1.77. The van der Waals surface area contributed by atoms with Crippen molar-refractivity contribution in [2.24, 2.45) is 11.8 Å². The second kappa shape index (κ2) is 6.91. The summed E-state index contributed by atoms with van der Waals surface area (Å²) in [7, 11) is 1.80. The van der Waals surface area contributed by atoms with E-state index in [4.69, 9.17) is 5.26 Å². The van der Waals surface area contributed by atoms with Crippen molar-refractivity contribution in [1.82, 2.24) is 9.80 Å². The third-order valence-corrected chi connectivity index (χ3v) is 4.72. The van der Waals surface area contributed by atoms with Crippen molar-refractivity contribution in [3.8, 4) is 6.07 Å². The smallest absolute Gasteiger partial charge is 0.236 e. The van der Waals surface area contributed by atoms with E-state index in [1.54, 1.807) is 11.9 Å². The molecule has 1 heterocycles. The number of nitrogens with zero attached hydrogens (tertiary/aromatic N) is 3. The molecule has 1 amide bonds. The third-order valence-electron chi connectivity index (χ3n) is 4.72. The number of piperidine rings is 1. The Kier molecular flexibility index (Phi) is 5.21. The van der Waals surface area contributed by atoms with Crippen LogP contribution in [0.25, 0.3) is 0 Å². The maximum Gasteiger partial charge on any atom is 0.236 e. The van der Waals surface area contributed by atoms with Crippen LogP contribution in [0.15, 0.2) is 0 Å². The molecule has 2 unspecified atom stereocenters. The minimum atomic E-state index is 0.157. The molecule has 1 aliphatic heterocycles. The highest BCUT2D eigenvalue weighted by atomic mass is 16.2. The number of likely N-dealkylation sites (tertiary alicyclic amines) is 1. The fourth-order valence-electron chi connectivity index (χ4n) is 3.47. The molecule has 2 atom stereocenters. The molecule has 2 rings (SSSR count). The molecule has 0 N–H and O–H groups in total. The van der Waals surface area contributed by atoms with Crippen molar-refractivity contribution < 1.29 is 4.79 Å². The number of likely N-dealkylation sites (N-methyl/N-ethyl adjacent to an activating group) is 1. The number of rotatable bonds is 4. The summed E-state index contributed by atoms with van der Waals surface area (Å²) in [5.41, 5.74) is 0. The van der Waals surface area contributed by atoms with Gasteiger partial charge in [-0.05, 0) is 31.2 Å². The number of hydrogen-bond donors (Lipinski definition) is 0. The van der Waals surface area contributed by atoms with Gasteiger partial charge in [-0.15, -0.1) is 0 Å². The summed E-state index contributed by atoms with van der Waals surface area (Å²) in [6, 6.07) is 2.09. The lowest BCUT2D eigenvalue weighted by atomic mass is 9.75. The van der Waals surface area contributed by atoms with Gasteiger partial charge in [-0.2, -0.15) is 5.26 Å². The van der Waals surface area contributed by atoms with E-state index in [-0.39, 0.29) is 5.91 Å². The van der Waals surface area contributed by atoms with Crippen LogP contribution in [0.5, 0.6) is 0 Å². The van der Waals surface area contributed by atoms with Gasteiger partial charge < -0.3 is 4.90 Å². The van der Waals surface area contributed by atoms with Gasteiger partial charge in [0.1, 0.15) is 0 Å². The molecule has 1 saturated carbocycles. The largest absolute Gasteiger partial charge is 0.344 e. The highest BCUT2D eigenvalue weighted by Crippen LogP contribution is 2.35. The van der Waals surface area contributed by atoms with Crippen molar-refractivity contribution in [2.75, 3.05) is 33.2 Å². The summed E-state index contributed by atoms with van der Waals surface area (Å²) in [6.45, 7) is 3.25. The van der Waals surface area contributed by atoms with Gasteiger partial charge in [0, 0.05) is 20.1 Å². The number of hydrogen-bond acceptors (Lipinski definition) is 3. The molecule has 2 aliphatic rings. The Hall–Kier alpha value is -1.08. The van der Waals surface area contributed by atoms with Crippen molar-refractivity contribution in [2.45, 2.75) is 38.5 Å². The summed E-state index contributed by atoms with van der Waals surface area (Å²) < 4.78 is 0. The summed E-state index contributed by atoms with van der Waals surface area (Å²) >= 11 is 0. The second-order valence-corrected chi connectivity index (χ2v) is 6.05. The van der Waals surface area contributed by atoms with Gasteiger partial charge >= 0.3 is 0 Å². The lowest BCUT2D eigenvalue weighted by molar-refractivity contribution is -0.131. The minimum Gasteiger partial charge on any atom is -0.344 e. The molecule has 0 bridgehead atoms. The summed E-state index contributed by atoms with van der Waals surface area (Å²) in [6.07, 6.45) is 7.20. The lowest BCUT2D eigenvalue weighted by Crippen LogP contribution is -2.46. The topological polar surface area (TPSA) is 47.3 Å². The monoisotopic (exact) mass is 263 g/mol. The van der Waals surface area contributed by atoms with E-state index in [1.807, 2.05) is 0 Å². The van der Waals surface area contributed by atoms with Crippen molar-refractivity contribution in [3.05, 3.63) is 0 Å². The molecule has 4 nitrogen and oxygen atoms in total. The van der Waals surface area contributed by atoms with Gasteiger partial charge in [-0.1, -0.05) is 19.3 Å². The summed E-state index contributed by atoms with van der Waals surface area (Å²) in [5.74, 6) is 1.89. The molecule has 0 spiro atoms. The quantitative estimate of drug-likeness (QED) is 0.778. The molecule has 19 heavy (non-hydrogen) atoms. The van der Waals surface area contributed by atoms with E-state index < -0.39 is 0 Å². The van der Waals surface area contributed by atoms with Crippen molar-refractivity contribution in [3.63, 3.8) is 0 Å². The Morgan fingerprint density at radius 2 is 2.05 bits per heavy atom. The first-order chi connectivity index (χ1) is 9.20. The molecule has 4 heteroatoms. The zero-order chi connectivity index (χ0) is 13.7. The highest BCUT2D eigenvalue weighted by Gasteiger charge is 2.31. The normalized spacial score (nSPS) is 27.4. The minimum absolute atomic E-state index is 0.157.